The Bertz CT molecular complexity index is 917. The van der Waals surface area contributed by atoms with Gasteiger partial charge in [-0.25, -0.2) is 4.98 Å². The number of rotatable bonds is 6. The topological polar surface area (TPSA) is 88.4 Å². The third-order valence-corrected chi connectivity index (χ3v) is 4.14. The second kappa shape index (κ2) is 8.37. The maximum atomic E-state index is 12.4. The number of likely N-dealkylation sites (N-methyl/N-ethyl adjacent to an activating group) is 1. The van der Waals surface area contributed by atoms with Gasteiger partial charge in [-0.3, -0.25) is 9.78 Å². The van der Waals surface area contributed by atoms with Gasteiger partial charge in [-0.1, -0.05) is 18.2 Å². The van der Waals surface area contributed by atoms with Crippen LogP contribution in [-0.2, 0) is 11.4 Å². The number of pyridine rings is 1. The molecule has 0 saturated heterocycles. The van der Waals surface area contributed by atoms with Gasteiger partial charge in [0.25, 0.3) is 5.91 Å². The predicted octanol–water partition coefficient (Wildman–Crippen LogP) is 2.38. The number of aliphatic hydroxyl groups excluding tert-OH is 1. The molecule has 7 heteroatoms. The molecule has 27 heavy (non-hydrogen) atoms. The molecular formula is C20H20N4O3. The van der Waals surface area contributed by atoms with Crippen molar-refractivity contribution in [3.63, 3.8) is 0 Å². The van der Waals surface area contributed by atoms with E-state index in [0.717, 1.165) is 11.3 Å². The number of hydrogen-bond donors (Lipinski definition) is 1. The molecule has 0 aliphatic rings. The van der Waals surface area contributed by atoms with Crippen LogP contribution in [-0.4, -0.2) is 39.6 Å². The summed E-state index contributed by atoms with van der Waals surface area (Å²) in [4.78, 5) is 26.7. The van der Waals surface area contributed by atoms with Gasteiger partial charge in [-0.15, -0.1) is 0 Å². The van der Waals surface area contributed by atoms with Crippen molar-refractivity contribution < 1.29 is 14.6 Å². The maximum absolute atomic E-state index is 12.4. The summed E-state index contributed by atoms with van der Waals surface area (Å²) < 4.78 is 5.68. The number of benzene rings is 1. The average Bonchev–Trinajstić information content (AvgIpc) is 2.73. The first-order chi connectivity index (χ1) is 13.1. The Morgan fingerprint density at radius 2 is 1.81 bits per heavy atom. The number of ether oxygens (including phenoxy) is 1. The number of para-hydroxylation sites is 1. The van der Waals surface area contributed by atoms with Crippen LogP contribution in [0.1, 0.15) is 11.3 Å². The smallest absolute Gasteiger partial charge is 0.264 e. The molecule has 0 fully saturated rings. The molecule has 7 nitrogen and oxygen atoms in total. The molecular weight excluding hydrogens is 344 g/mol. The lowest BCUT2D eigenvalue weighted by Crippen LogP contribution is -2.31. The number of aliphatic hydroxyl groups is 1. The highest BCUT2D eigenvalue weighted by Crippen LogP contribution is 2.23. The second-order valence-electron chi connectivity index (χ2n) is 5.90. The van der Waals surface area contributed by atoms with Crippen molar-refractivity contribution in [2.45, 2.75) is 13.5 Å². The number of hydrogen-bond acceptors (Lipinski definition) is 6. The number of anilines is 1. The molecule has 3 rings (SSSR count). The molecule has 2 aromatic heterocycles. The molecule has 138 valence electrons. The summed E-state index contributed by atoms with van der Waals surface area (Å²) in [6, 6.07) is 12.8. The molecule has 0 aliphatic carbocycles. The van der Waals surface area contributed by atoms with Gasteiger partial charge in [-0.05, 0) is 31.2 Å². The first-order valence-electron chi connectivity index (χ1n) is 8.43. The Balaban J connectivity index is 1.81. The second-order valence-corrected chi connectivity index (χ2v) is 5.90. The van der Waals surface area contributed by atoms with Crippen LogP contribution in [0.15, 0.2) is 54.9 Å². The van der Waals surface area contributed by atoms with Gasteiger partial charge in [0.1, 0.15) is 0 Å². The van der Waals surface area contributed by atoms with Crippen molar-refractivity contribution in [2.75, 3.05) is 18.6 Å². The van der Waals surface area contributed by atoms with Crippen LogP contribution in [0.25, 0.3) is 11.4 Å². The standard InChI is InChI=1S/C20H20N4O3/c1-14-17(12-25)22-19(15-8-10-21-11-9-15)23-20(14)27-13-18(26)24(2)16-6-4-3-5-7-16/h3-11,25H,12-13H2,1-2H3. The Morgan fingerprint density at radius 3 is 2.48 bits per heavy atom. The minimum absolute atomic E-state index is 0.177. The molecule has 0 unspecified atom stereocenters. The van der Waals surface area contributed by atoms with Gasteiger partial charge in [0.15, 0.2) is 12.4 Å². The van der Waals surface area contributed by atoms with Gasteiger partial charge < -0.3 is 14.7 Å². The van der Waals surface area contributed by atoms with E-state index in [1.165, 1.54) is 4.90 Å². The fraction of sp³-hybridized carbons (Fsp3) is 0.200. The summed E-state index contributed by atoms with van der Waals surface area (Å²) in [5, 5.41) is 9.60. The van der Waals surface area contributed by atoms with Crippen molar-refractivity contribution in [1.82, 2.24) is 15.0 Å². The summed E-state index contributed by atoms with van der Waals surface area (Å²) in [6.07, 6.45) is 3.27. The summed E-state index contributed by atoms with van der Waals surface area (Å²) >= 11 is 0. The highest BCUT2D eigenvalue weighted by atomic mass is 16.5. The lowest BCUT2D eigenvalue weighted by Gasteiger charge is -2.18. The Morgan fingerprint density at radius 1 is 1.11 bits per heavy atom. The van der Waals surface area contributed by atoms with Crippen LogP contribution in [0.2, 0.25) is 0 Å². The third kappa shape index (κ3) is 4.27. The van der Waals surface area contributed by atoms with E-state index in [1.807, 2.05) is 30.3 Å². The van der Waals surface area contributed by atoms with E-state index in [1.54, 1.807) is 38.5 Å². The lowest BCUT2D eigenvalue weighted by atomic mass is 10.2. The van der Waals surface area contributed by atoms with Crippen LogP contribution in [0, 0.1) is 6.92 Å². The van der Waals surface area contributed by atoms with Crippen molar-refractivity contribution in [1.29, 1.82) is 0 Å². The zero-order chi connectivity index (χ0) is 19.2. The molecule has 0 atom stereocenters. The van der Waals surface area contributed by atoms with Crippen molar-refractivity contribution in [3.05, 3.63) is 66.1 Å². The minimum atomic E-state index is -0.249. The van der Waals surface area contributed by atoms with Crippen molar-refractivity contribution in [2.24, 2.45) is 0 Å². The molecule has 3 aromatic rings. The fourth-order valence-electron chi connectivity index (χ4n) is 2.49. The number of carbonyl (C=O) groups excluding carboxylic acids is 1. The van der Waals surface area contributed by atoms with E-state index in [0.29, 0.717) is 17.1 Å². The minimum Gasteiger partial charge on any atom is -0.467 e. The number of aromatic nitrogens is 3. The fourth-order valence-corrected chi connectivity index (χ4v) is 2.49. The predicted molar refractivity (Wildman–Crippen MR) is 101 cm³/mol. The van der Waals surface area contributed by atoms with E-state index in [4.69, 9.17) is 4.74 Å². The molecule has 2 heterocycles. The first kappa shape index (κ1) is 18.5. The maximum Gasteiger partial charge on any atom is 0.264 e. The van der Waals surface area contributed by atoms with E-state index in [-0.39, 0.29) is 25.0 Å². The molecule has 0 spiro atoms. The highest BCUT2D eigenvalue weighted by molar-refractivity contribution is 5.93. The van der Waals surface area contributed by atoms with E-state index >= 15 is 0 Å². The van der Waals surface area contributed by atoms with Gasteiger partial charge in [0.05, 0.1) is 12.3 Å². The van der Waals surface area contributed by atoms with Crippen molar-refractivity contribution in [3.8, 4) is 17.3 Å². The SMILES string of the molecule is Cc1c(CO)nc(-c2ccncc2)nc1OCC(=O)N(C)c1ccccc1. The molecule has 1 aromatic carbocycles. The molecule has 0 radical (unpaired) electrons. The van der Waals surface area contributed by atoms with Crippen LogP contribution in [0.5, 0.6) is 5.88 Å². The summed E-state index contributed by atoms with van der Waals surface area (Å²) in [7, 11) is 1.69. The number of amides is 1. The van der Waals surface area contributed by atoms with Gasteiger partial charge in [0, 0.05) is 36.3 Å². The average molecular weight is 364 g/mol. The number of nitrogens with zero attached hydrogens (tertiary/aromatic N) is 4. The lowest BCUT2D eigenvalue weighted by molar-refractivity contribution is -0.120. The quantitative estimate of drug-likeness (QED) is 0.722. The third-order valence-electron chi connectivity index (χ3n) is 4.14. The number of carbonyl (C=O) groups is 1. The van der Waals surface area contributed by atoms with E-state index in [2.05, 4.69) is 15.0 Å². The summed E-state index contributed by atoms with van der Waals surface area (Å²) in [5.74, 6) is 0.469. The zero-order valence-corrected chi connectivity index (χ0v) is 15.2. The monoisotopic (exact) mass is 364 g/mol. The Kier molecular flexibility index (Phi) is 5.73. The Hall–Kier alpha value is -3.32. The van der Waals surface area contributed by atoms with Crippen molar-refractivity contribution >= 4 is 11.6 Å². The van der Waals surface area contributed by atoms with Gasteiger partial charge in [0.2, 0.25) is 5.88 Å². The molecule has 1 amide bonds. The normalized spacial score (nSPS) is 10.5. The van der Waals surface area contributed by atoms with Gasteiger partial charge in [-0.2, -0.15) is 4.98 Å². The highest BCUT2D eigenvalue weighted by Gasteiger charge is 2.16. The van der Waals surface area contributed by atoms with E-state index in [9.17, 15) is 9.90 Å². The largest absolute Gasteiger partial charge is 0.467 e. The summed E-state index contributed by atoms with van der Waals surface area (Å²) in [5.41, 5.74) is 2.58. The first-order valence-corrected chi connectivity index (χ1v) is 8.43. The summed E-state index contributed by atoms with van der Waals surface area (Å²) in [6.45, 7) is 1.33. The molecule has 0 saturated carbocycles. The van der Waals surface area contributed by atoms with Crippen LogP contribution >= 0.6 is 0 Å². The van der Waals surface area contributed by atoms with E-state index < -0.39 is 0 Å². The Labute approximate surface area is 157 Å². The van der Waals surface area contributed by atoms with Crippen LogP contribution < -0.4 is 9.64 Å². The van der Waals surface area contributed by atoms with Crippen LogP contribution in [0.3, 0.4) is 0 Å². The molecule has 1 N–H and O–H groups in total. The van der Waals surface area contributed by atoms with Gasteiger partial charge >= 0.3 is 0 Å². The zero-order valence-electron chi connectivity index (χ0n) is 15.2. The molecule has 0 aliphatic heterocycles. The molecule has 0 bridgehead atoms. The van der Waals surface area contributed by atoms with Crippen LogP contribution in [0.4, 0.5) is 5.69 Å².